The van der Waals surface area contributed by atoms with Gasteiger partial charge in [-0.25, -0.2) is 0 Å². The first kappa shape index (κ1) is 15.5. The number of aromatic nitrogens is 1. The van der Waals surface area contributed by atoms with E-state index in [2.05, 4.69) is 10.3 Å². The molecule has 0 bridgehead atoms. The number of carbonyl (C=O) groups is 2. The van der Waals surface area contributed by atoms with E-state index in [1.54, 1.807) is 12.4 Å². The lowest BCUT2D eigenvalue weighted by Crippen LogP contribution is -2.56. The minimum Gasteiger partial charge on any atom is -0.342 e. The molecule has 2 rings (SSSR count). The van der Waals surface area contributed by atoms with Crippen molar-refractivity contribution >= 4 is 11.8 Å². The Morgan fingerprint density at radius 1 is 1.29 bits per heavy atom. The zero-order chi connectivity index (χ0) is 15.5. The molecule has 2 heterocycles. The third-order valence-corrected chi connectivity index (χ3v) is 4.37. The van der Waals surface area contributed by atoms with Crippen molar-refractivity contribution in [2.75, 3.05) is 0 Å². The molecule has 114 valence electrons. The van der Waals surface area contributed by atoms with Gasteiger partial charge in [0.05, 0.1) is 0 Å². The van der Waals surface area contributed by atoms with E-state index < -0.39 is 5.54 Å². The monoisotopic (exact) mass is 289 g/mol. The molecule has 5 nitrogen and oxygen atoms in total. The van der Waals surface area contributed by atoms with Crippen LogP contribution in [0.3, 0.4) is 0 Å². The summed E-state index contributed by atoms with van der Waals surface area (Å²) in [5, 5.41) is 2.95. The molecule has 21 heavy (non-hydrogen) atoms. The van der Waals surface area contributed by atoms with E-state index in [0.29, 0.717) is 25.8 Å². The summed E-state index contributed by atoms with van der Waals surface area (Å²) < 4.78 is 0. The molecule has 2 amide bonds. The van der Waals surface area contributed by atoms with Crippen LogP contribution in [-0.4, -0.2) is 33.3 Å². The van der Waals surface area contributed by atoms with E-state index >= 15 is 0 Å². The Hall–Kier alpha value is -1.91. The Bertz CT molecular complexity index is 512. The van der Waals surface area contributed by atoms with Gasteiger partial charge in [-0.1, -0.05) is 13.8 Å². The average molecular weight is 289 g/mol. The molecule has 1 saturated heterocycles. The number of carbonyl (C=O) groups excluding carboxylic acids is 2. The van der Waals surface area contributed by atoms with Gasteiger partial charge in [-0.15, -0.1) is 0 Å². The molecule has 0 saturated carbocycles. The van der Waals surface area contributed by atoms with E-state index in [1.807, 2.05) is 37.8 Å². The third-order valence-electron chi connectivity index (χ3n) is 4.37. The summed E-state index contributed by atoms with van der Waals surface area (Å²) in [6, 6.07) is 3.70. The van der Waals surface area contributed by atoms with E-state index in [0.717, 1.165) is 5.56 Å². The van der Waals surface area contributed by atoms with Crippen molar-refractivity contribution in [3.8, 4) is 0 Å². The van der Waals surface area contributed by atoms with Crippen LogP contribution in [0.25, 0.3) is 0 Å². The summed E-state index contributed by atoms with van der Waals surface area (Å²) in [6.07, 6.45) is 5.00. The van der Waals surface area contributed by atoms with Crippen LogP contribution in [-0.2, 0) is 16.1 Å². The smallest absolute Gasteiger partial charge is 0.248 e. The Balaban J connectivity index is 2.32. The van der Waals surface area contributed by atoms with Crippen LogP contribution in [0.1, 0.15) is 45.6 Å². The lowest BCUT2D eigenvalue weighted by molar-refractivity contribution is -0.141. The second-order valence-electron chi connectivity index (χ2n) is 5.68. The molecule has 1 aliphatic rings. The van der Waals surface area contributed by atoms with Crippen molar-refractivity contribution in [1.82, 2.24) is 15.2 Å². The van der Waals surface area contributed by atoms with Gasteiger partial charge < -0.3 is 10.2 Å². The van der Waals surface area contributed by atoms with Gasteiger partial charge in [-0.3, -0.25) is 14.6 Å². The maximum Gasteiger partial charge on any atom is 0.248 e. The van der Waals surface area contributed by atoms with Gasteiger partial charge in [0.25, 0.3) is 0 Å². The van der Waals surface area contributed by atoms with Gasteiger partial charge in [-0.2, -0.15) is 0 Å². The quantitative estimate of drug-likeness (QED) is 0.920. The molecule has 0 aromatic carbocycles. The van der Waals surface area contributed by atoms with E-state index in [1.165, 1.54) is 0 Å². The summed E-state index contributed by atoms with van der Waals surface area (Å²) >= 11 is 0. The summed E-state index contributed by atoms with van der Waals surface area (Å²) in [4.78, 5) is 30.9. The van der Waals surface area contributed by atoms with Crippen molar-refractivity contribution in [1.29, 1.82) is 0 Å². The summed E-state index contributed by atoms with van der Waals surface area (Å²) in [5.41, 5.74) is 0.259. The van der Waals surface area contributed by atoms with Crippen molar-refractivity contribution < 1.29 is 9.59 Å². The van der Waals surface area contributed by atoms with Crippen molar-refractivity contribution in [2.24, 2.45) is 0 Å². The zero-order valence-corrected chi connectivity index (χ0v) is 12.9. The van der Waals surface area contributed by atoms with E-state index in [4.69, 9.17) is 0 Å². The fourth-order valence-electron chi connectivity index (χ4n) is 2.87. The highest BCUT2D eigenvalue weighted by Crippen LogP contribution is 2.25. The first-order valence-corrected chi connectivity index (χ1v) is 7.53. The maximum atomic E-state index is 13.0. The van der Waals surface area contributed by atoms with Crippen LogP contribution in [0.5, 0.6) is 0 Å². The molecule has 0 radical (unpaired) electrons. The Labute approximate surface area is 125 Å². The Morgan fingerprint density at radius 2 is 1.90 bits per heavy atom. The predicted octanol–water partition coefficient (Wildman–Crippen LogP) is 1.88. The van der Waals surface area contributed by atoms with Gasteiger partial charge in [0, 0.05) is 31.4 Å². The van der Waals surface area contributed by atoms with Crippen LogP contribution in [0, 0.1) is 0 Å². The number of hydrogen-bond acceptors (Lipinski definition) is 3. The van der Waals surface area contributed by atoms with Crippen LogP contribution in [0.4, 0.5) is 0 Å². The largest absolute Gasteiger partial charge is 0.342 e. The highest BCUT2D eigenvalue weighted by Gasteiger charge is 2.43. The van der Waals surface area contributed by atoms with Crippen molar-refractivity contribution in [3.05, 3.63) is 30.1 Å². The molecule has 1 aromatic rings. The second-order valence-corrected chi connectivity index (χ2v) is 5.68. The normalized spacial score (nSPS) is 21.9. The lowest BCUT2D eigenvalue weighted by atomic mass is 9.91. The number of amides is 2. The first-order chi connectivity index (χ1) is 10.0. The number of hydrogen-bond donors (Lipinski definition) is 1. The number of pyridine rings is 1. The number of nitrogens with zero attached hydrogens (tertiary/aromatic N) is 2. The topological polar surface area (TPSA) is 62.3 Å². The van der Waals surface area contributed by atoms with Gasteiger partial charge in [0.2, 0.25) is 11.8 Å². The molecule has 1 unspecified atom stereocenters. The van der Waals surface area contributed by atoms with Crippen molar-refractivity contribution in [2.45, 2.75) is 58.2 Å². The van der Waals surface area contributed by atoms with Crippen LogP contribution < -0.4 is 5.32 Å². The summed E-state index contributed by atoms with van der Waals surface area (Å²) in [5.74, 6) is -0.0283. The molecule has 1 atom stereocenters. The molecule has 1 fully saturated rings. The highest BCUT2D eigenvalue weighted by atomic mass is 16.2. The lowest BCUT2D eigenvalue weighted by Gasteiger charge is -2.35. The number of rotatable bonds is 4. The summed E-state index contributed by atoms with van der Waals surface area (Å²) in [6.45, 7) is 6.34. The molecule has 1 aromatic heterocycles. The average Bonchev–Trinajstić information content (AvgIpc) is 2.58. The molecular formula is C16H23N3O2. The highest BCUT2D eigenvalue weighted by molar-refractivity contribution is 5.93. The van der Waals surface area contributed by atoms with Gasteiger partial charge in [0.1, 0.15) is 5.54 Å². The Kier molecular flexibility index (Phi) is 4.60. The van der Waals surface area contributed by atoms with Crippen LogP contribution >= 0.6 is 0 Å². The van der Waals surface area contributed by atoms with E-state index in [-0.39, 0.29) is 17.9 Å². The minimum absolute atomic E-state index is 0.0164. The van der Waals surface area contributed by atoms with Crippen LogP contribution in [0.15, 0.2) is 24.5 Å². The SMILES string of the molecule is CCC1(CC)NC(=O)CC(C)N(Cc2ccncc2)C1=O. The van der Waals surface area contributed by atoms with Crippen LogP contribution in [0.2, 0.25) is 0 Å². The fourth-order valence-corrected chi connectivity index (χ4v) is 2.87. The third kappa shape index (κ3) is 3.06. The first-order valence-electron chi connectivity index (χ1n) is 7.53. The van der Waals surface area contributed by atoms with Gasteiger partial charge in [0.15, 0.2) is 0 Å². The minimum atomic E-state index is -0.769. The van der Waals surface area contributed by atoms with Gasteiger partial charge >= 0.3 is 0 Å². The standard InChI is InChI=1S/C16H23N3O2/c1-4-16(5-2)15(21)19(12(3)10-14(20)18-16)11-13-6-8-17-9-7-13/h6-9,12H,4-5,10-11H2,1-3H3,(H,18,20). The zero-order valence-electron chi connectivity index (χ0n) is 12.9. The molecular weight excluding hydrogens is 266 g/mol. The number of nitrogens with one attached hydrogen (secondary N) is 1. The fraction of sp³-hybridized carbons (Fsp3) is 0.562. The molecule has 1 N–H and O–H groups in total. The van der Waals surface area contributed by atoms with Crippen molar-refractivity contribution in [3.63, 3.8) is 0 Å². The molecule has 0 aliphatic carbocycles. The molecule has 1 aliphatic heterocycles. The molecule has 0 spiro atoms. The maximum absolute atomic E-state index is 13.0. The predicted molar refractivity (Wildman–Crippen MR) is 80.3 cm³/mol. The second kappa shape index (κ2) is 6.24. The molecule has 5 heteroatoms. The Morgan fingerprint density at radius 3 is 2.48 bits per heavy atom. The summed E-state index contributed by atoms with van der Waals surface area (Å²) in [7, 11) is 0. The van der Waals surface area contributed by atoms with E-state index in [9.17, 15) is 9.59 Å². The van der Waals surface area contributed by atoms with Gasteiger partial charge in [-0.05, 0) is 37.5 Å².